The van der Waals surface area contributed by atoms with Gasteiger partial charge in [-0.1, -0.05) is 11.6 Å². The van der Waals surface area contributed by atoms with Crippen LogP contribution in [0, 0.1) is 6.92 Å². The first kappa shape index (κ1) is 13.8. The van der Waals surface area contributed by atoms with Crippen molar-refractivity contribution in [3.8, 4) is 0 Å². The molecule has 4 nitrogen and oxygen atoms in total. The molecule has 2 rings (SSSR count). The number of aryl methyl sites for hydroxylation is 1. The van der Waals surface area contributed by atoms with Crippen molar-refractivity contribution in [2.45, 2.75) is 6.92 Å². The fourth-order valence-corrected chi connectivity index (χ4v) is 2.19. The van der Waals surface area contributed by atoms with Gasteiger partial charge in [-0.2, -0.15) is 0 Å². The second kappa shape index (κ2) is 5.59. The number of pyridine rings is 1. The second-order valence-electron chi connectivity index (χ2n) is 3.94. The van der Waals surface area contributed by atoms with Crippen LogP contribution in [-0.2, 0) is 0 Å². The van der Waals surface area contributed by atoms with Crippen LogP contribution >= 0.6 is 27.5 Å². The number of aromatic nitrogens is 1. The normalized spacial score (nSPS) is 10.3. The largest absolute Gasteiger partial charge is 0.478 e. The van der Waals surface area contributed by atoms with Gasteiger partial charge in [0.25, 0.3) is 0 Å². The average molecular weight is 342 g/mol. The summed E-state index contributed by atoms with van der Waals surface area (Å²) in [5, 5.41) is 12.5. The lowest BCUT2D eigenvalue weighted by Gasteiger charge is -2.10. The lowest BCUT2D eigenvalue weighted by molar-refractivity contribution is 0.0696. The maximum absolute atomic E-state index is 10.7. The van der Waals surface area contributed by atoms with E-state index in [9.17, 15) is 4.79 Å². The SMILES string of the molecule is Cc1cc(Br)c(Nc2ccc(C(=O)O)cn2)cc1Cl. The molecule has 6 heteroatoms. The molecule has 0 aliphatic heterocycles. The predicted octanol–water partition coefficient (Wildman–Crippen LogP) is 4.25. The molecule has 0 atom stereocenters. The minimum atomic E-state index is -1.00. The molecular formula is C13H10BrClN2O2. The van der Waals surface area contributed by atoms with E-state index >= 15 is 0 Å². The minimum Gasteiger partial charge on any atom is -0.478 e. The Bertz CT molecular complexity index is 629. The van der Waals surface area contributed by atoms with Crippen molar-refractivity contribution < 1.29 is 9.90 Å². The highest BCUT2D eigenvalue weighted by molar-refractivity contribution is 9.10. The number of nitrogens with zero attached hydrogens (tertiary/aromatic N) is 1. The summed E-state index contributed by atoms with van der Waals surface area (Å²) in [5.74, 6) is -0.454. The summed E-state index contributed by atoms with van der Waals surface area (Å²) in [6.45, 7) is 1.91. The lowest BCUT2D eigenvalue weighted by atomic mass is 10.2. The van der Waals surface area contributed by atoms with Crippen molar-refractivity contribution in [2.75, 3.05) is 5.32 Å². The highest BCUT2D eigenvalue weighted by atomic mass is 79.9. The van der Waals surface area contributed by atoms with Gasteiger partial charge in [-0.25, -0.2) is 9.78 Å². The van der Waals surface area contributed by atoms with E-state index in [1.54, 1.807) is 12.1 Å². The Morgan fingerprint density at radius 1 is 1.42 bits per heavy atom. The fourth-order valence-electron chi connectivity index (χ4n) is 1.47. The van der Waals surface area contributed by atoms with Crippen LogP contribution in [0.3, 0.4) is 0 Å². The minimum absolute atomic E-state index is 0.145. The third-order valence-corrected chi connectivity index (χ3v) is 3.58. The topological polar surface area (TPSA) is 62.2 Å². The van der Waals surface area contributed by atoms with Gasteiger partial charge in [0.05, 0.1) is 11.3 Å². The number of carbonyl (C=O) groups is 1. The summed E-state index contributed by atoms with van der Waals surface area (Å²) in [6.07, 6.45) is 1.30. The number of halogens is 2. The van der Waals surface area contributed by atoms with Gasteiger partial charge >= 0.3 is 5.97 Å². The van der Waals surface area contributed by atoms with Crippen LogP contribution in [0.1, 0.15) is 15.9 Å². The van der Waals surface area contributed by atoms with Crippen LogP contribution < -0.4 is 5.32 Å². The van der Waals surface area contributed by atoms with Gasteiger partial charge in [-0.05, 0) is 52.7 Å². The van der Waals surface area contributed by atoms with Crippen LogP contribution in [0.15, 0.2) is 34.9 Å². The van der Waals surface area contributed by atoms with Gasteiger partial charge in [-0.3, -0.25) is 0 Å². The number of aromatic carboxylic acids is 1. The average Bonchev–Trinajstić information content (AvgIpc) is 2.36. The summed E-state index contributed by atoms with van der Waals surface area (Å²) in [6, 6.07) is 6.77. The predicted molar refractivity (Wildman–Crippen MR) is 78.4 cm³/mol. The van der Waals surface area contributed by atoms with E-state index in [1.807, 2.05) is 13.0 Å². The van der Waals surface area contributed by atoms with Crippen molar-refractivity contribution in [3.05, 3.63) is 51.1 Å². The summed E-state index contributed by atoms with van der Waals surface area (Å²) >= 11 is 9.49. The Labute approximate surface area is 123 Å². The highest BCUT2D eigenvalue weighted by Gasteiger charge is 2.07. The molecular weight excluding hydrogens is 332 g/mol. The van der Waals surface area contributed by atoms with Crippen molar-refractivity contribution in [3.63, 3.8) is 0 Å². The van der Waals surface area contributed by atoms with Gasteiger partial charge in [0, 0.05) is 15.7 Å². The van der Waals surface area contributed by atoms with Crippen molar-refractivity contribution in [1.82, 2.24) is 4.98 Å². The monoisotopic (exact) mass is 340 g/mol. The summed E-state index contributed by atoms with van der Waals surface area (Å²) in [5.41, 5.74) is 1.88. The van der Waals surface area contributed by atoms with Gasteiger partial charge in [-0.15, -0.1) is 0 Å². The Balaban J connectivity index is 2.26. The first-order valence-corrected chi connectivity index (χ1v) is 6.56. The van der Waals surface area contributed by atoms with E-state index in [0.29, 0.717) is 10.8 Å². The summed E-state index contributed by atoms with van der Waals surface area (Å²) in [7, 11) is 0. The molecule has 0 bridgehead atoms. The lowest BCUT2D eigenvalue weighted by Crippen LogP contribution is -1.99. The maximum atomic E-state index is 10.7. The first-order chi connectivity index (χ1) is 8.97. The molecule has 98 valence electrons. The Hall–Kier alpha value is -1.59. The van der Waals surface area contributed by atoms with Gasteiger partial charge in [0.15, 0.2) is 0 Å². The summed E-state index contributed by atoms with van der Waals surface area (Å²) < 4.78 is 0.860. The highest BCUT2D eigenvalue weighted by Crippen LogP contribution is 2.30. The molecule has 0 spiro atoms. The molecule has 0 fully saturated rings. The number of hydrogen-bond donors (Lipinski definition) is 2. The molecule has 0 radical (unpaired) electrons. The molecule has 0 saturated heterocycles. The third-order valence-electron chi connectivity index (χ3n) is 2.52. The number of benzene rings is 1. The zero-order chi connectivity index (χ0) is 14.0. The van der Waals surface area contributed by atoms with E-state index in [1.165, 1.54) is 12.3 Å². The molecule has 0 amide bonds. The van der Waals surface area contributed by atoms with E-state index < -0.39 is 5.97 Å². The van der Waals surface area contributed by atoms with Gasteiger partial charge in [0.2, 0.25) is 0 Å². The Kier molecular flexibility index (Phi) is 4.07. The van der Waals surface area contributed by atoms with Crippen LogP contribution in [-0.4, -0.2) is 16.1 Å². The molecule has 2 N–H and O–H groups in total. The number of nitrogens with one attached hydrogen (secondary N) is 1. The van der Waals surface area contributed by atoms with E-state index in [-0.39, 0.29) is 5.56 Å². The molecule has 0 unspecified atom stereocenters. The number of carboxylic acid groups (broad SMARTS) is 1. The number of rotatable bonds is 3. The van der Waals surface area contributed by atoms with Crippen LogP contribution in [0.4, 0.5) is 11.5 Å². The first-order valence-electron chi connectivity index (χ1n) is 5.39. The zero-order valence-electron chi connectivity index (χ0n) is 9.95. The molecule has 2 aromatic rings. The molecule has 0 saturated carbocycles. The van der Waals surface area contributed by atoms with E-state index in [4.69, 9.17) is 16.7 Å². The Morgan fingerprint density at radius 2 is 2.16 bits per heavy atom. The smallest absolute Gasteiger partial charge is 0.337 e. The standard InChI is InChI=1S/C13H10BrClN2O2/c1-7-4-9(14)11(5-10(7)15)17-12-3-2-8(6-16-12)13(18)19/h2-6H,1H3,(H,16,17)(H,18,19). The molecule has 0 aliphatic rings. The molecule has 1 aromatic heterocycles. The molecule has 0 aliphatic carbocycles. The van der Waals surface area contributed by atoms with Crippen LogP contribution in [0.2, 0.25) is 5.02 Å². The maximum Gasteiger partial charge on any atom is 0.337 e. The fraction of sp³-hybridized carbons (Fsp3) is 0.0769. The van der Waals surface area contributed by atoms with Crippen LogP contribution in [0.25, 0.3) is 0 Å². The van der Waals surface area contributed by atoms with Crippen molar-refractivity contribution in [1.29, 1.82) is 0 Å². The Morgan fingerprint density at radius 3 is 2.74 bits per heavy atom. The third kappa shape index (κ3) is 3.24. The molecule has 19 heavy (non-hydrogen) atoms. The van der Waals surface area contributed by atoms with E-state index in [0.717, 1.165) is 15.7 Å². The number of anilines is 2. The van der Waals surface area contributed by atoms with Crippen molar-refractivity contribution >= 4 is 45.0 Å². The zero-order valence-corrected chi connectivity index (χ0v) is 12.3. The van der Waals surface area contributed by atoms with Gasteiger partial charge < -0.3 is 10.4 Å². The molecule has 1 heterocycles. The summed E-state index contributed by atoms with van der Waals surface area (Å²) in [4.78, 5) is 14.8. The van der Waals surface area contributed by atoms with Gasteiger partial charge in [0.1, 0.15) is 5.82 Å². The molecule has 1 aromatic carbocycles. The number of carboxylic acids is 1. The second-order valence-corrected chi connectivity index (χ2v) is 5.21. The number of hydrogen-bond acceptors (Lipinski definition) is 3. The van der Waals surface area contributed by atoms with E-state index in [2.05, 4.69) is 26.2 Å². The van der Waals surface area contributed by atoms with Crippen molar-refractivity contribution in [2.24, 2.45) is 0 Å². The quantitative estimate of drug-likeness (QED) is 0.876. The van der Waals surface area contributed by atoms with Crippen LogP contribution in [0.5, 0.6) is 0 Å².